The number of aliphatic hydroxyl groups is 1. The van der Waals surface area contributed by atoms with Gasteiger partial charge >= 0.3 is 6.03 Å². The van der Waals surface area contributed by atoms with E-state index in [0.29, 0.717) is 11.7 Å². The zero-order valence-electron chi connectivity index (χ0n) is 24.2. The van der Waals surface area contributed by atoms with Gasteiger partial charge in [-0.3, -0.25) is 0 Å². The van der Waals surface area contributed by atoms with Crippen LogP contribution in [0, 0.1) is 23.7 Å². The predicted octanol–water partition coefficient (Wildman–Crippen LogP) is 7.26. The highest BCUT2D eigenvalue weighted by Gasteiger charge is 2.51. The lowest BCUT2D eigenvalue weighted by Crippen LogP contribution is -2.60. The van der Waals surface area contributed by atoms with Crippen LogP contribution in [0.2, 0.25) is 10.3 Å². The second-order valence-electron chi connectivity index (χ2n) is 13.2. The first kappa shape index (κ1) is 29.1. The Balaban J connectivity index is 1.06. The van der Waals surface area contributed by atoms with Crippen molar-refractivity contribution in [1.29, 1.82) is 0 Å². The monoisotopic (exact) mass is 624 g/mol. The van der Waals surface area contributed by atoms with Gasteiger partial charge in [0.05, 0.1) is 31.7 Å². The summed E-state index contributed by atoms with van der Waals surface area (Å²) in [7, 11) is 0. The molecule has 4 aliphatic carbocycles. The van der Waals surface area contributed by atoms with E-state index in [4.69, 9.17) is 32.7 Å². The van der Waals surface area contributed by atoms with E-state index < -0.39 is 6.29 Å². The fraction of sp³-hybridized carbons (Fsp3) is 0.515. The van der Waals surface area contributed by atoms with Crippen molar-refractivity contribution in [3.05, 3.63) is 81.9 Å². The van der Waals surface area contributed by atoms with Crippen molar-refractivity contribution < 1.29 is 19.4 Å². The number of hydrogen-bond donors (Lipinski definition) is 3. The molecule has 1 aliphatic heterocycles. The topological polar surface area (TPSA) is 97.6 Å². The SMILES string of the molecule is C[C@H]1[C@@H](Cn2cnc(Cl)c2Cl)O[C@@H](c2ccc(NC(=O)NC34CC5CC(CC(C5)C3)C4)cc2)O[C@H]1c1ccc(CO)cc1. The Labute approximate surface area is 262 Å². The minimum absolute atomic E-state index is 0.0173. The Morgan fingerprint density at radius 3 is 2.19 bits per heavy atom. The van der Waals surface area contributed by atoms with E-state index in [1.807, 2.05) is 48.5 Å². The Morgan fingerprint density at radius 1 is 0.977 bits per heavy atom. The van der Waals surface area contributed by atoms with Crippen LogP contribution in [-0.2, 0) is 22.6 Å². The Bertz CT molecular complexity index is 1430. The number of halogens is 2. The fourth-order valence-corrected chi connectivity index (χ4v) is 8.70. The minimum Gasteiger partial charge on any atom is -0.392 e. The number of aromatic nitrogens is 2. The van der Waals surface area contributed by atoms with Gasteiger partial charge in [0, 0.05) is 22.7 Å². The van der Waals surface area contributed by atoms with Crippen molar-refractivity contribution in [2.75, 3.05) is 5.32 Å². The molecule has 2 aromatic carbocycles. The summed E-state index contributed by atoms with van der Waals surface area (Å²) in [4.78, 5) is 17.2. The summed E-state index contributed by atoms with van der Waals surface area (Å²) in [5, 5.41) is 16.6. The number of aliphatic hydroxyl groups excluding tert-OH is 1. The van der Waals surface area contributed by atoms with E-state index >= 15 is 0 Å². The van der Waals surface area contributed by atoms with E-state index in [0.717, 1.165) is 59.4 Å². The first-order valence-electron chi connectivity index (χ1n) is 15.3. The normalized spacial score (nSPS) is 33.0. The second kappa shape index (κ2) is 11.7. The maximum atomic E-state index is 13.1. The van der Waals surface area contributed by atoms with Crippen LogP contribution in [0.5, 0.6) is 0 Å². The summed E-state index contributed by atoms with van der Waals surface area (Å²) in [6.45, 7) is 2.53. The third kappa shape index (κ3) is 5.92. The number of anilines is 1. The molecule has 4 atom stereocenters. The minimum atomic E-state index is -0.642. The number of hydrogen-bond acceptors (Lipinski definition) is 5. The van der Waals surface area contributed by atoms with E-state index in [1.165, 1.54) is 19.3 Å². The molecule has 4 bridgehead atoms. The van der Waals surface area contributed by atoms with Crippen LogP contribution in [0.15, 0.2) is 54.9 Å². The van der Waals surface area contributed by atoms with Gasteiger partial charge in [-0.25, -0.2) is 9.78 Å². The zero-order valence-corrected chi connectivity index (χ0v) is 25.7. The molecule has 0 radical (unpaired) electrons. The highest BCUT2D eigenvalue weighted by Crippen LogP contribution is 2.55. The molecular weight excluding hydrogens is 587 g/mol. The quantitative estimate of drug-likeness (QED) is 0.257. The van der Waals surface area contributed by atoms with Crippen molar-refractivity contribution in [3.8, 4) is 0 Å². The van der Waals surface area contributed by atoms with E-state index in [-0.39, 0.29) is 41.5 Å². The molecule has 8 rings (SSSR count). The average Bonchev–Trinajstić information content (AvgIpc) is 3.30. The summed E-state index contributed by atoms with van der Waals surface area (Å²) < 4.78 is 14.9. The molecule has 2 amide bonds. The highest BCUT2D eigenvalue weighted by atomic mass is 35.5. The van der Waals surface area contributed by atoms with Crippen molar-refractivity contribution in [2.45, 2.75) is 82.6 Å². The van der Waals surface area contributed by atoms with Crippen molar-refractivity contribution in [1.82, 2.24) is 14.9 Å². The number of benzene rings is 2. The van der Waals surface area contributed by atoms with Gasteiger partial charge in [-0.1, -0.05) is 66.5 Å². The van der Waals surface area contributed by atoms with Gasteiger partial charge in [-0.15, -0.1) is 0 Å². The lowest BCUT2D eigenvalue weighted by Gasteiger charge is -2.56. The molecule has 4 saturated carbocycles. The lowest BCUT2D eigenvalue weighted by molar-refractivity contribution is -0.276. The van der Waals surface area contributed by atoms with Gasteiger partial charge in [0.15, 0.2) is 11.4 Å². The van der Waals surface area contributed by atoms with Crippen molar-refractivity contribution in [2.24, 2.45) is 23.7 Å². The van der Waals surface area contributed by atoms with Crippen LogP contribution in [0.4, 0.5) is 10.5 Å². The second-order valence-corrected chi connectivity index (χ2v) is 13.9. The number of nitrogens with one attached hydrogen (secondary N) is 2. The molecule has 3 N–H and O–H groups in total. The van der Waals surface area contributed by atoms with Crippen LogP contribution < -0.4 is 10.6 Å². The number of imidazole rings is 1. The summed E-state index contributed by atoms with van der Waals surface area (Å²) in [5.74, 6) is 2.28. The Kier molecular flexibility index (Phi) is 7.93. The molecule has 0 unspecified atom stereocenters. The van der Waals surface area contributed by atoms with Gasteiger partial charge in [0.1, 0.15) is 5.15 Å². The molecule has 5 fully saturated rings. The summed E-state index contributed by atoms with van der Waals surface area (Å²) in [5.41, 5.74) is 3.36. The van der Waals surface area contributed by atoms with E-state index in [2.05, 4.69) is 22.5 Å². The average molecular weight is 626 g/mol. The van der Waals surface area contributed by atoms with Crippen LogP contribution in [0.3, 0.4) is 0 Å². The smallest absolute Gasteiger partial charge is 0.319 e. The summed E-state index contributed by atoms with van der Waals surface area (Å²) >= 11 is 12.5. The Hall–Kier alpha value is -2.62. The highest BCUT2D eigenvalue weighted by molar-refractivity contribution is 6.40. The molecule has 3 aromatic rings. The number of ether oxygens (including phenoxy) is 2. The first-order valence-corrected chi connectivity index (χ1v) is 16.1. The number of rotatable bonds is 7. The third-order valence-corrected chi connectivity index (χ3v) is 10.9. The van der Waals surface area contributed by atoms with Gasteiger partial charge in [-0.2, -0.15) is 0 Å². The van der Waals surface area contributed by atoms with E-state index in [9.17, 15) is 9.90 Å². The number of urea groups is 1. The summed E-state index contributed by atoms with van der Waals surface area (Å²) in [6, 6.07) is 15.3. The van der Waals surface area contributed by atoms with Crippen molar-refractivity contribution in [3.63, 3.8) is 0 Å². The molecule has 228 valence electrons. The van der Waals surface area contributed by atoms with E-state index in [1.54, 1.807) is 10.9 Å². The van der Waals surface area contributed by atoms with Crippen LogP contribution >= 0.6 is 23.2 Å². The number of carbonyl (C=O) groups is 1. The molecule has 43 heavy (non-hydrogen) atoms. The van der Waals surface area contributed by atoms with Gasteiger partial charge in [0.2, 0.25) is 0 Å². The fourth-order valence-electron chi connectivity index (χ4n) is 8.38. The van der Waals surface area contributed by atoms with Crippen LogP contribution in [-0.4, -0.2) is 32.3 Å². The number of nitrogens with zero attached hydrogens (tertiary/aromatic N) is 2. The van der Waals surface area contributed by atoms with Crippen LogP contribution in [0.1, 0.15) is 74.5 Å². The van der Waals surface area contributed by atoms with Gasteiger partial charge < -0.3 is 29.8 Å². The lowest BCUT2D eigenvalue weighted by atomic mass is 9.53. The van der Waals surface area contributed by atoms with Gasteiger partial charge in [0.25, 0.3) is 0 Å². The third-order valence-electron chi connectivity index (χ3n) is 10.1. The maximum absolute atomic E-state index is 13.1. The molecule has 0 spiro atoms. The van der Waals surface area contributed by atoms with Crippen LogP contribution in [0.25, 0.3) is 0 Å². The molecule has 2 heterocycles. The summed E-state index contributed by atoms with van der Waals surface area (Å²) in [6.07, 6.45) is 7.81. The molecular formula is C33H38Cl2N4O4. The predicted molar refractivity (Wildman–Crippen MR) is 165 cm³/mol. The maximum Gasteiger partial charge on any atom is 0.319 e. The Morgan fingerprint density at radius 2 is 1.60 bits per heavy atom. The molecule has 8 nitrogen and oxygen atoms in total. The zero-order chi connectivity index (χ0) is 29.7. The largest absolute Gasteiger partial charge is 0.392 e. The standard InChI is InChI=1S/C33H38Cl2N4O4/c1-19-27(16-39-18-36-29(34)30(39)35)42-31(43-28(19)24-4-2-20(17-40)3-5-24)25-6-8-26(9-7-25)37-32(41)38-33-13-21-10-22(14-33)12-23(11-21)15-33/h2-9,18-19,21-23,27-28,31,40H,10-17H2,1H3,(H2,37,38,41)/t19-,21?,22?,23?,27+,28+,31+,33?/m0/s1. The van der Waals surface area contributed by atoms with Gasteiger partial charge in [-0.05, 0) is 79.5 Å². The molecule has 5 aliphatic rings. The molecule has 1 saturated heterocycles. The number of carbonyl (C=O) groups excluding carboxylic acids is 1. The van der Waals surface area contributed by atoms with Crippen molar-refractivity contribution >= 4 is 34.9 Å². The molecule has 1 aromatic heterocycles. The molecule has 10 heteroatoms. The first-order chi connectivity index (χ1) is 20.8. The number of amides is 2.